The highest BCUT2D eigenvalue weighted by Crippen LogP contribution is 2.17. The van der Waals surface area contributed by atoms with Gasteiger partial charge < -0.3 is 9.80 Å². The largest absolute Gasteiger partial charge is 0.336 e. The molecule has 4 rings (SSSR count). The Balaban J connectivity index is 1.40. The van der Waals surface area contributed by atoms with E-state index in [1.807, 2.05) is 40.6 Å². The lowest BCUT2D eigenvalue weighted by Crippen LogP contribution is -2.49. The summed E-state index contributed by atoms with van der Waals surface area (Å²) >= 11 is 1.51. The van der Waals surface area contributed by atoms with Gasteiger partial charge in [0.2, 0.25) is 11.9 Å². The average molecular weight is 367 g/mol. The van der Waals surface area contributed by atoms with Crippen molar-refractivity contribution in [3.05, 3.63) is 53.0 Å². The molecule has 1 saturated heterocycles. The summed E-state index contributed by atoms with van der Waals surface area (Å²) in [6.45, 7) is 2.62. The Morgan fingerprint density at radius 3 is 2.65 bits per heavy atom. The van der Waals surface area contributed by atoms with Crippen LogP contribution in [0.25, 0.3) is 11.8 Å². The predicted molar refractivity (Wildman–Crippen MR) is 99.1 cm³/mol. The Kier molecular flexibility index (Phi) is 4.69. The van der Waals surface area contributed by atoms with E-state index in [9.17, 15) is 4.79 Å². The fourth-order valence-corrected chi connectivity index (χ4v) is 3.34. The number of anilines is 1. The first kappa shape index (κ1) is 16.4. The number of carbonyl (C=O) groups excluding carboxylic acids is 1. The van der Waals surface area contributed by atoms with Gasteiger partial charge in [0.05, 0.1) is 5.69 Å². The predicted octanol–water partition coefficient (Wildman–Crippen LogP) is 1.48. The lowest BCUT2D eigenvalue weighted by atomic mass is 10.3. The minimum absolute atomic E-state index is 0.00232. The van der Waals surface area contributed by atoms with Crippen LogP contribution < -0.4 is 4.90 Å². The molecule has 0 radical (unpaired) electrons. The molecule has 1 amide bonds. The Bertz CT molecular complexity index is 883. The van der Waals surface area contributed by atoms with E-state index < -0.39 is 0 Å². The normalized spacial score (nSPS) is 14.9. The first-order valence-corrected chi connectivity index (χ1v) is 9.14. The third-order valence-corrected chi connectivity index (χ3v) is 4.89. The molecule has 0 aliphatic carbocycles. The number of tetrazole rings is 1. The zero-order valence-electron chi connectivity index (χ0n) is 14.0. The van der Waals surface area contributed by atoms with Crippen LogP contribution in [0.3, 0.4) is 0 Å². The van der Waals surface area contributed by atoms with Gasteiger partial charge in [0.15, 0.2) is 0 Å². The molecule has 3 heterocycles. The van der Waals surface area contributed by atoms with Crippen LogP contribution in [0.2, 0.25) is 0 Å². The molecule has 1 aliphatic heterocycles. The van der Waals surface area contributed by atoms with E-state index in [1.165, 1.54) is 11.3 Å². The highest BCUT2D eigenvalue weighted by atomic mass is 32.1. The number of benzene rings is 1. The molecule has 9 heteroatoms. The van der Waals surface area contributed by atoms with Crippen molar-refractivity contribution in [2.45, 2.75) is 0 Å². The van der Waals surface area contributed by atoms with Gasteiger partial charge >= 0.3 is 0 Å². The van der Waals surface area contributed by atoms with Gasteiger partial charge in [0.1, 0.15) is 5.01 Å². The highest BCUT2D eigenvalue weighted by Gasteiger charge is 2.23. The fraction of sp³-hybridized carbons (Fsp3) is 0.235. The van der Waals surface area contributed by atoms with Crippen molar-refractivity contribution >= 4 is 29.3 Å². The summed E-state index contributed by atoms with van der Waals surface area (Å²) in [6, 6.07) is 9.78. The van der Waals surface area contributed by atoms with E-state index in [2.05, 4.69) is 25.4 Å². The van der Waals surface area contributed by atoms with E-state index in [1.54, 1.807) is 23.0 Å². The lowest BCUT2D eigenvalue weighted by molar-refractivity contribution is -0.126. The lowest BCUT2D eigenvalue weighted by Gasteiger charge is -2.34. The van der Waals surface area contributed by atoms with Gasteiger partial charge in [-0.1, -0.05) is 23.3 Å². The van der Waals surface area contributed by atoms with E-state index >= 15 is 0 Å². The molecule has 0 N–H and O–H groups in total. The minimum Gasteiger partial charge on any atom is -0.336 e. The van der Waals surface area contributed by atoms with Gasteiger partial charge in [-0.15, -0.1) is 11.3 Å². The fourth-order valence-electron chi connectivity index (χ4n) is 2.81. The van der Waals surface area contributed by atoms with Crippen molar-refractivity contribution < 1.29 is 4.79 Å². The van der Waals surface area contributed by atoms with Crippen molar-refractivity contribution in [2.24, 2.45) is 0 Å². The maximum Gasteiger partial charge on any atom is 0.250 e. The van der Waals surface area contributed by atoms with Crippen LogP contribution in [0, 0.1) is 0 Å². The van der Waals surface area contributed by atoms with Crippen LogP contribution in [-0.4, -0.2) is 62.2 Å². The van der Waals surface area contributed by atoms with Crippen LogP contribution in [0.1, 0.15) is 5.01 Å². The van der Waals surface area contributed by atoms with Crippen LogP contribution in [0.5, 0.6) is 0 Å². The molecule has 0 unspecified atom stereocenters. The quantitative estimate of drug-likeness (QED) is 0.650. The number of piperazine rings is 1. The van der Waals surface area contributed by atoms with Crippen molar-refractivity contribution in [2.75, 3.05) is 31.1 Å². The van der Waals surface area contributed by atoms with Crippen LogP contribution in [-0.2, 0) is 4.79 Å². The van der Waals surface area contributed by atoms with Crippen molar-refractivity contribution in [3.8, 4) is 5.69 Å². The van der Waals surface area contributed by atoms with Gasteiger partial charge in [0, 0.05) is 43.8 Å². The molecule has 0 spiro atoms. The van der Waals surface area contributed by atoms with Crippen molar-refractivity contribution in [3.63, 3.8) is 0 Å². The molecule has 0 atom stereocenters. The van der Waals surface area contributed by atoms with Crippen LogP contribution >= 0.6 is 11.3 Å². The van der Waals surface area contributed by atoms with Gasteiger partial charge in [-0.2, -0.15) is 4.68 Å². The molecular formula is C17H17N7OS. The molecule has 132 valence electrons. The molecule has 8 nitrogen and oxygen atoms in total. The van der Waals surface area contributed by atoms with E-state index in [0.717, 1.165) is 10.7 Å². The first-order valence-electron chi connectivity index (χ1n) is 8.26. The minimum atomic E-state index is 0.00232. The van der Waals surface area contributed by atoms with E-state index in [0.29, 0.717) is 32.1 Å². The molecule has 26 heavy (non-hydrogen) atoms. The molecule has 1 fully saturated rings. The molecule has 3 aromatic rings. The van der Waals surface area contributed by atoms with E-state index in [4.69, 9.17) is 0 Å². The maximum atomic E-state index is 12.3. The third kappa shape index (κ3) is 3.47. The van der Waals surface area contributed by atoms with Crippen molar-refractivity contribution in [1.82, 2.24) is 30.1 Å². The number of hydrogen-bond acceptors (Lipinski definition) is 7. The average Bonchev–Trinajstić information content (AvgIpc) is 3.39. The van der Waals surface area contributed by atoms with Crippen molar-refractivity contribution in [1.29, 1.82) is 0 Å². The second kappa shape index (κ2) is 7.44. The summed E-state index contributed by atoms with van der Waals surface area (Å²) in [4.78, 5) is 20.4. The number of para-hydroxylation sites is 1. The second-order valence-electron chi connectivity index (χ2n) is 5.74. The monoisotopic (exact) mass is 367 g/mol. The molecule has 1 aromatic carbocycles. The molecular weight excluding hydrogens is 350 g/mol. The summed E-state index contributed by atoms with van der Waals surface area (Å²) in [5.74, 6) is 0.698. The number of thiazole rings is 1. The first-order chi connectivity index (χ1) is 12.8. The summed E-state index contributed by atoms with van der Waals surface area (Å²) in [6.07, 6.45) is 5.07. The molecule has 2 aromatic heterocycles. The Labute approximate surface area is 154 Å². The van der Waals surface area contributed by atoms with E-state index in [-0.39, 0.29) is 5.91 Å². The Morgan fingerprint density at radius 2 is 1.92 bits per heavy atom. The topological polar surface area (TPSA) is 80.0 Å². The zero-order chi connectivity index (χ0) is 17.8. The highest BCUT2D eigenvalue weighted by molar-refractivity contribution is 7.10. The number of carbonyl (C=O) groups is 1. The van der Waals surface area contributed by atoms with Gasteiger partial charge in [-0.05, 0) is 28.6 Å². The SMILES string of the molecule is O=C(C=Cc1nccs1)N1CCN(c2nnnn2-c2ccccc2)CC1. The van der Waals surface area contributed by atoms with Gasteiger partial charge in [-0.3, -0.25) is 4.79 Å². The standard InChI is InChI=1S/C17H17N7OS/c25-16(7-6-15-18-8-13-26-15)22-9-11-23(12-10-22)17-19-20-21-24(17)14-4-2-1-3-5-14/h1-8,13H,9-12H2. The molecule has 0 saturated carbocycles. The second-order valence-corrected chi connectivity index (χ2v) is 6.67. The summed E-state index contributed by atoms with van der Waals surface area (Å²) in [5, 5.41) is 14.8. The Hall–Kier alpha value is -3.07. The number of amides is 1. The number of hydrogen-bond donors (Lipinski definition) is 0. The smallest absolute Gasteiger partial charge is 0.250 e. The third-order valence-electron chi connectivity index (χ3n) is 4.15. The zero-order valence-corrected chi connectivity index (χ0v) is 14.8. The summed E-state index contributed by atoms with van der Waals surface area (Å²) in [5.41, 5.74) is 0.914. The summed E-state index contributed by atoms with van der Waals surface area (Å²) < 4.78 is 1.72. The number of nitrogens with zero attached hydrogens (tertiary/aromatic N) is 7. The number of rotatable bonds is 4. The van der Waals surface area contributed by atoms with Gasteiger partial charge in [0.25, 0.3) is 0 Å². The van der Waals surface area contributed by atoms with Crippen LogP contribution in [0.4, 0.5) is 5.95 Å². The van der Waals surface area contributed by atoms with Gasteiger partial charge in [-0.25, -0.2) is 4.98 Å². The Morgan fingerprint density at radius 1 is 1.12 bits per heavy atom. The maximum absolute atomic E-state index is 12.3. The molecule has 1 aliphatic rings. The number of aromatic nitrogens is 5. The van der Waals surface area contributed by atoms with Crippen LogP contribution in [0.15, 0.2) is 48.0 Å². The molecule has 0 bridgehead atoms. The summed E-state index contributed by atoms with van der Waals surface area (Å²) in [7, 11) is 0.